The van der Waals surface area contributed by atoms with Crippen LogP contribution in [0.1, 0.15) is 18.5 Å². The molecule has 0 radical (unpaired) electrons. The summed E-state index contributed by atoms with van der Waals surface area (Å²) in [5.74, 6) is 0.0548. The standard InChI is InChI=1S/C12H14N2O2S2/c1-8(15)11-10(9-6-4-3-5-7-9)13-14-12(17-11)18(2)16/h3-7,10-11,13H,1-2H3/t10-,11-,18?/m1/s1. The van der Waals surface area contributed by atoms with Crippen molar-refractivity contribution in [3.63, 3.8) is 0 Å². The van der Waals surface area contributed by atoms with Crippen LogP contribution < -0.4 is 5.43 Å². The Balaban J connectivity index is 2.31. The number of rotatable bonds is 2. The highest BCUT2D eigenvalue weighted by Crippen LogP contribution is 2.32. The number of hydrazone groups is 1. The Hall–Kier alpha value is -1.14. The molecule has 0 fully saturated rings. The number of carbonyl (C=O) groups excluding carboxylic acids is 1. The molecule has 6 heteroatoms. The maximum absolute atomic E-state index is 11.7. The van der Waals surface area contributed by atoms with Gasteiger partial charge in [0.05, 0.1) is 22.1 Å². The quantitative estimate of drug-likeness (QED) is 0.896. The van der Waals surface area contributed by atoms with E-state index in [0.29, 0.717) is 4.38 Å². The highest BCUT2D eigenvalue weighted by molar-refractivity contribution is 8.33. The molecular weight excluding hydrogens is 268 g/mol. The lowest BCUT2D eigenvalue weighted by Crippen LogP contribution is -2.37. The normalized spacial score (nSPS) is 24.9. The molecule has 0 spiro atoms. The van der Waals surface area contributed by atoms with Crippen molar-refractivity contribution < 1.29 is 9.00 Å². The number of hydrogen-bond acceptors (Lipinski definition) is 5. The van der Waals surface area contributed by atoms with Crippen LogP contribution in [0.25, 0.3) is 0 Å². The van der Waals surface area contributed by atoms with Gasteiger partial charge in [-0.05, 0) is 12.5 Å². The molecule has 2 rings (SSSR count). The van der Waals surface area contributed by atoms with Gasteiger partial charge in [0.1, 0.15) is 5.78 Å². The van der Waals surface area contributed by atoms with Gasteiger partial charge in [-0.3, -0.25) is 14.4 Å². The van der Waals surface area contributed by atoms with Crippen LogP contribution in [-0.4, -0.2) is 25.9 Å². The fraction of sp³-hybridized carbons (Fsp3) is 0.333. The van der Waals surface area contributed by atoms with Crippen molar-refractivity contribution in [2.75, 3.05) is 6.26 Å². The molecule has 1 heterocycles. The monoisotopic (exact) mass is 282 g/mol. The van der Waals surface area contributed by atoms with Crippen molar-refractivity contribution in [1.82, 2.24) is 5.43 Å². The second-order valence-electron chi connectivity index (χ2n) is 4.00. The number of nitrogens with one attached hydrogen (secondary N) is 1. The van der Waals surface area contributed by atoms with E-state index in [1.54, 1.807) is 13.2 Å². The molecule has 0 aromatic heterocycles. The SMILES string of the molecule is CC(=O)[C@H]1SC(S(C)=O)=NN[C@@H]1c1ccccc1. The highest BCUT2D eigenvalue weighted by Gasteiger charge is 2.33. The minimum atomic E-state index is -1.16. The lowest BCUT2D eigenvalue weighted by molar-refractivity contribution is -0.117. The number of Topliss-reactive ketones (excluding diaryl/α,β-unsaturated/α-hetero) is 1. The first-order chi connectivity index (χ1) is 8.59. The van der Waals surface area contributed by atoms with Crippen molar-refractivity contribution in [3.05, 3.63) is 35.9 Å². The topological polar surface area (TPSA) is 58.5 Å². The Morgan fingerprint density at radius 1 is 1.39 bits per heavy atom. The molecule has 0 saturated heterocycles. The lowest BCUT2D eigenvalue weighted by Gasteiger charge is -2.28. The summed E-state index contributed by atoms with van der Waals surface area (Å²) in [5.41, 5.74) is 3.96. The van der Waals surface area contributed by atoms with Crippen LogP contribution in [0.15, 0.2) is 35.4 Å². The Labute approximate surface area is 113 Å². The fourth-order valence-electron chi connectivity index (χ4n) is 1.75. The van der Waals surface area contributed by atoms with Crippen LogP contribution in [0.3, 0.4) is 0 Å². The van der Waals surface area contributed by atoms with Crippen LogP contribution in [-0.2, 0) is 15.6 Å². The van der Waals surface area contributed by atoms with E-state index in [1.807, 2.05) is 30.3 Å². The van der Waals surface area contributed by atoms with Gasteiger partial charge >= 0.3 is 0 Å². The average molecular weight is 282 g/mol. The second kappa shape index (κ2) is 5.67. The largest absolute Gasteiger partial charge is 0.299 e. The van der Waals surface area contributed by atoms with Gasteiger partial charge in [-0.15, -0.1) is 0 Å². The van der Waals surface area contributed by atoms with E-state index in [0.717, 1.165) is 5.56 Å². The highest BCUT2D eigenvalue weighted by atomic mass is 32.2. The maximum atomic E-state index is 11.7. The van der Waals surface area contributed by atoms with Gasteiger partial charge in [0.2, 0.25) is 0 Å². The van der Waals surface area contributed by atoms with Crippen molar-refractivity contribution >= 4 is 32.7 Å². The smallest absolute Gasteiger partial charge is 0.180 e. The molecule has 1 aliphatic rings. The third-order valence-electron chi connectivity index (χ3n) is 2.63. The van der Waals surface area contributed by atoms with E-state index in [4.69, 9.17) is 0 Å². The van der Waals surface area contributed by atoms with Gasteiger partial charge in [0.15, 0.2) is 4.38 Å². The number of nitrogens with zero attached hydrogens (tertiary/aromatic N) is 1. The Bertz CT molecular complexity index is 502. The minimum Gasteiger partial charge on any atom is -0.299 e. The van der Waals surface area contributed by atoms with Crippen LogP contribution in [0.2, 0.25) is 0 Å². The van der Waals surface area contributed by atoms with Crippen LogP contribution in [0.4, 0.5) is 0 Å². The molecule has 1 aromatic rings. The first kappa shape index (κ1) is 13.3. The van der Waals surface area contributed by atoms with Crippen molar-refractivity contribution in [1.29, 1.82) is 0 Å². The minimum absolute atomic E-state index is 0.0548. The van der Waals surface area contributed by atoms with E-state index in [9.17, 15) is 9.00 Å². The molecule has 4 nitrogen and oxygen atoms in total. The van der Waals surface area contributed by atoms with Crippen LogP contribution in [0, 0.1) is 0 Å². The summed E-state index contributed by atoms with van der Waals surface area (Å²) in [6.45, 7) is 1.55. The molecule has 0 saturated carbocycles. The molecule has 18 heavy (non-hydrogen) atoms. The first-order valence-electron chi connectivity index (χ1n) is 5.48. The number of hydrogen-bond donors (Lipinski definition) is 1. The number of ketones is 1. The van der Waals surface area contributed by atoms with Crippen molar-refractivity contribution in [2.24, 2.45) is 5.10 Å². The first-order valence-corrected chi connectivity index (χ1v) is 7.92. The fourth-order valence-corrected chi connectivity index (χ4v) is 3.63. The summed E-state index contributed by atoms with van der Waals surface area (Å²) in [7, 11) is -1.16. The predicted molar refractivity (Wildman–Crippen MR) is 75.9 cm³/mol. The zero-order chi connectivity index (χ0) is 13.1. The molecule has 1 aromatic carbocycles. The lowest BCUT2D eigenvalue weighted by atomic mass is 10.0. The number of thioether (sulfide) groups is 1. The molecule has 1 aliphatic heterocycles. The third kappa shape index (κ3) is 2.81. The summed E-state index contributed by atoms with van der Waals surface area (Å²) in [6.07, 6.45) is 1.56. The Morgan fingerprint density at radius 3 is 2.61 bits per heavy atom. The van der Waals surface area contributed by atoms with E-state index in [1.165, 1.54) is 11.8 Å². The Morgan fingerprint density at radius 2 is 2.06 bits per heavy atom. The van der Waals surface area contributed by atoms with Gasteiger partial charge in [-0.2, -0.15) is 5.10 Å². The van der Waals surface area contributed by atoms with Crippen molar-refractivity contribution in [3.8, 4) is 0 Å². The zero-order valence-corrected chi connectivity index (χ0v) is 11.8. The molecule has 96 valence electrons. The summed E-state index contributed by atoms with van der Waals surface area (Å²) in [5, 5.41) is 3.81. The van der Waals surface area contributed by atoms with Gasteiger partial charge in [-0.1, -0.05) is 42.1 Å². The molecule has 0 bridgehead atoms. The summed E-state index contributed by atoms with van der Waals surface area (Å²) in [6, 6.07) is 9.53. The molecule has 3 atom stereocenters. The molecular formula is C12H14N2O2S2. The van der Waals surface area contributed by atoms with Crippen LogP contribution in [0.5, 0.6) is 0 Å². The molecule has 1 unspecified atom stereocenters. The predicted octanol–water partition coefficient (Wildman–Crippen LogP) is 1.67. The third-order valence-corrected chi connectivity index (χ3v) is 5.36. The van der Waals surface area contributed by atoms with E-state index >= 15 is 0 Å². The van der Waals surface area contributed by atoms with Gasteiger partial charge < -0.3 is 0 Å². The van der Waals surface area contributed by atoms with E-state index < -0.39 is 10.8 Å². The summed E-state index contributed by atoms with van der Waals surface area (Å²) < 4.78 is 11.9. The van der Waals surface area contributed by atoms with Crippen LogP contribution >= 0.6 is 11.8 Å². The summed E-state index contributed by atoms with van der Waals surface area (Å²) >= 11 is 1.29. The summed E-state index contributed by atoms with van der Waals surface area (Å²) in [4.78, 5) is 11.7. The maximum Gasteiger partial charge on any atom is 0.180 e. The Kier molecular flexibility index (Phi) is 4.19. The van der Waals surface area contributed by atoms with E-state index in [2.05, 4.69) is 10.5 Å². The molecule has 0 aliphatic carbocycles. The second-order valence-corrected chi connectivity index (χ2v) is 6.68. The average Bonchev–Trinajstić information content (AvgIpc) is 2.39. The number of carbonyl (C=O) groups is 1. The molecule has 0 amide bonds. The van der Waals surface area contributed by atoms with Crippen molar-refractivity contribution in [2.45, 2.75) is 18.2 Å². The number of benzene rings is 1. The van der Waals surface area contributed by atoms with Gasteiger partial charge in [-0.25, -0.2) is 0 Å². The van der Waals surface area contributed by atoms with Gasteiger partial charge in [0, 0.05) is 6.26 Å². The van der Waals surface area contributed by atoms with E-state index in [-0.39, 0.29) is 17.1 Å². The molecule has 1 N–H and O–H groups in total. The zero-order valence-electron chi connectivity index (χ0n) is 10.1. The van der Waals surface area contributed by atoms with Gasteiger partial charge in [0.25, 0.3) is 0 Å².